The van der Waals surface area contributed by atoms with Gasteiger partial charge in [0.25, 0.3) is 5.91 Å². The molecule has 38 heavy (non-hydrogen) atoms. The third kappa shape index (κ3) is 3.39. The minimum absolute atomic E-state index is 0.111. The number of amides is 3. The van der Waals surface area contributed by atoms with Crippen LogP contribution in [0, 0.1) is 11.8 Å². The van der Waals surface area contributed by atoms with Crippen molar-refractivity contribution >= 4 is 34.2 Å². The highest BCUT2D eigenvalue weighted by Crippen LogP contribution is 2.58. The number of aliphatic hydroxyl groups is 1. The minimum Gasteiger partial charge on any atom is -0.396 e. The summed E-state index contributed by atoms with van der Waals surface area (Å²) in [5.41, 5.74) is -1.53. The van der Waals surface area contributed by atoms with Gasteiger partial charge in [0.05, 0.1) is 17.4 Å². The monoisotopic (exact) mass is 515 g/mol. The molecule has 8 nitrogen and oxygen atoms in total. The molecule has 0 radical (unpaired) electrons. The zero-order valence-electron chi connectivity index (χ0n) is 21.7. The van der Waals surface area contributed by atoms with Crippen molar-refractivity contribution < 1.29 is 24.2 Å². The van der Waals surface area contributed by atoms with E-state index in [0.29, 0.717) is 25.9 Å². The fourth-order valence-electron chi connectivity index (χ4n) is 6.94. The van der Waals surface area contributed by atoms with E-state index in [1.807, 2.05) is 73.7 Å². The topological polar surface area (TPSA) is 90.4 Å². The molecule has 0 aromatic heterocycles. The number of rotatable bonds is 5. The third-order valence-electron chi connectivity index (χ3n) is 8.74. The van der Waals surface area contributed by atoms with Crippen LogP contribution >= 0.6 is 0 Å². The summed E-state index contributed by atoms with van der Waals surface area (Å²) in [6.45, 7) is 2.82. The fraction of sp³-hybridized carbons (Fsp3) is 0.433. The molecule has 2 aromatic carbocycles. The molecule has 2 saturated heterocycles. The Morgan fingerprint density at radius 3 is 2.47 bits per heavy atom. The Morgan fingerprint density at radius 2 is 1.71 bits per heavy atom. The first kappa shape index (κ1) is 24.8. The molecule has 2 aromatic rings. The van der Waals surface area contributed by atoms with Gasteiger partial charge in [0.15, 0.2) is 0 Å². The molecule has 1 N–H and O–H groups in total. The Bertz CT molecular complexity index is 1370. The fourth-order valence-corrected chi connectivity index (χ4v) is 6.94. The van der Waals surface area contributed by atoms with Crippen LogP contribution in [0.4, 0.5) is 5.69 Å². The van der Waals surface area contributed by atoms with Gasteiger partial charge >= 0.3 is 0 Å². The maximum Gasteiger partial charge on any atom is 0.253 e. The number of aliphatic hydroxyl groups excluding tert-OH is 1. The zero-order chi connectivity index (χ0) is 26.7. The Balaban J connectivity index is 1.49. The molecule has 1 spiro atoms. The van der Waals surface area contributed by atoms with Gasteiger partial charge in [-0.05, 0) is 35.7 Å². The lowest BCUT2D eigenvalue weighted by atomic mass is 9.73. The SMILES string of the molecule is CC[C@@]12C=CCN(C)C(=O)[C@@H]1[C@H]1C(=O)N(CCCO)C3C(=O)N(c4ccc5ccccc5c4)CC=C[C@@]31O2. The van der Waals surface area contributed by atoms with Crippen LogP contribution in [0.5, 0.6) is 0 Å². The first-order valence-corrected chi connectivity index (χ1v) is 13.4. The second kappa shape index (κ2) is 9.06. The number of fused-ring (bicyclic) bond motifs is 3. The second-order valence-electron chi connectivity index (χ2n) is 10.7. The van der Waals surface area contributed by atoms with Crippen molar-refractivity contribution in [2.24, 2.45) is 11.8 Å². The number of carbonyl (C=O) groups is 3. The van der Waals surface area contributed by atoms with Crippen LogP contribution in [0.2, 0.25) is 0 Å². The number of ether oxygens (including phenoxy) is 1. The van der Waals surface area contributed by atoms with E-state index < -0.39 is 29.1 Å². The standard InChI is InChI=1S/C30H33N3O5/c1-3-29-13-6-15-31(2)26(35)23(29)24-27(36)33(17-8-18-34)25-28(37)32(16-7-14-30(24,25)38-29)22-12-11-20-9-4-5-10-21(20)19-22/h4-7,9-14,19,23-25,34H,3,8,15-18H2,1-2H3/t23-,24-,25?,29+,30-/m0/s1. The van der Waals surface area contributed by atoms with E-state index in [1.165, 1.54) is 0 Å². The smallest absolute Gasteiger partial charge is 0.253 e. The van der Waals surface area contributed by atoms with Gasteiger partial charge in [0.2, 0.25) is 11.8 Å². The van der Waals surface area contributed by atoms with Gasteiger partial charge in [0, 0.05) is 39.0 Å². The van der Waals surface area contributed by atoms with E-state index in [2.05, 4.69) is 0 Å². The highest BCUT2D eigenvalue weighted by atomic mass is 16.5. The molecular weight excluding hydrogens is 482 g/mol. The predicted molar refractivity (Wildman–Crippen MR) is 143 cm³/mol. The number of hydrogen-bond acceptors (Lipinski definition) is 5. The number of hydrogen-bond donors (Lipinski definition) is 1. The predicted octanol–water partition coefficient (Wildman–Crippen LogP) is 2.51. The lowest BCUT2D eigenvalue weighted by molar-refractivity contribution is -0.149. The summed E-state index contributed by atoms with van der Waals surface area (Å²) in [5.74, 6) is -2.23. The van der Waals surface area contributed by atoms with Crippen molar-refractivity contribution in [2.45, 2.75) is 37.0 Å². The summed E-state index contributed by atoms with van der Waals surface area (Å²) in [6, 6.07) is 12.9. The summed E-state index contributed by atoms with van der Waals surface area (Å²) in [5, 5.41) is 11.7. The highest BCUT2D eigenvalue weighted by Gasteiger charge is 2.75. The number of carbonyl (C=O) groups excluding carboxylic acids is 3. The lowest BCUT2D eigenvalue weighted by Gasteiger charge is -2.38. The molecule has 8 heteroatoms. The Labute approximate surface area is 222 Å². The van der Waals surface area contributed by atoms with Crippen LogP contribution in [0.15, 0.2) is 66.8 Å². The van der Waals surface area contributed by atoms with Crippen molar-refractivity contribution in [3.8, 4) is 0 Å². The summed E-state index contributed by atoms with van der Waals surface area (Å²) in [6.07, 6.45) is 8.44. The van der Waals surface area contributed by atoms with Crippen LogP contribution in [0.25, 0.3) is 10.8 Å². The number of nitrogens with zero attached hydrogens (tertiary/aromatic N) is 3. The van der Waals surface area contributed by atoms with Crippen LogP contribution in [0.1, 0.15) is 19.8 Å². The molecule has 3 amide bonds. The number of likely N-dealkylation sites (tertiary alicyclic amines) is 1. The van der Waals surface area contributed by atoms with Crippen molar-refractivity contribution in [1.29, 1.82) is 0 Å². The molecule has 4 heterocycles. The van der Waals surface area contributed by atoms with E-state index in [1.54, 1.807) is 21.7 Å². The first-order chi connectivity index (χ1) is 18.4. The van der Waals surface area contributed by atoms with Gasteiger partial charge in [-0.1, -0.05) is 61.6 Å². The molecule has 0 bridgehead atoms. The summed E-state index contributed by atoms with van der Waals surface area (Å²) in [4.78, 5) is 47.2. The van der Waals surface area contributed by atoms with E-state index in [4.69, 9.17) is 4.74 Å². The van der Waals surface area contributed by atoms with Crippen molar-refractivity contribution in [3.63, 3.8) is 0 Å². The van der Waals surface area contributed by atoms with Crippen molar-refractivity contribution in [3.05, 3.63) is 66.8 Å². The quantitative estimate of drug-likeness (QED) is 0.618. The number of anilines is 1. The molecular formula is C30H33N3O5. The van der Waals surface area contributed by atoms with E-state index >= 15 is 0 Å². The van der Waals surface area contributed by atoms with Gasteiger partial charge < -0.3 is 24.5 Å². The lowest BCUT2D eigenvalue weighted by Crippen LogP contribution is -2.56. The highest BCUT2D eigenvalue weighted by molar-refractivity contribution is 6.06. The van der Waals surface area contributed by atoms with E-state index in [0.717, 1.165) is 16.5 Å². The molecule has 5 atom stereocenters. The van der Waals surface area contributed by atoms with Crippen LogP contribution < -0.4 is 4.90 Å². The minimum atomic E-state index is -1.28. The van der Waals surface area contributed by atoms with Crippen LogP contribution in [-0.2, 0) is 19.1 Å². The average Bonchev–Trinajstić information content (AvgIpc) is 3.22. The third-order valence-corrected chi connectivity index (χ3v) is 8.74. The Kier molecular flexibility index (Phi) is 5.92. The molecule has 4 aliphatic rings. The molecule has 0 saturated carbocycles. The maximum atomic E-state index is 14.5. The molecule has 4 aliphatic heterocycles. The van der Waals surface area contributed by atoms with Gasteiger partial charge in [0.1, 0.15) is 11.6 Å². The zero-order valence-corrected chi connectivity index (χ0v) is 21.7. The molecule has 1 unspecified atom stereocenters. The Hall–Kier alpha value is -3.49. The summed E-state index contributed by atoms with van der Waals surface area (Å²) >= 11 is 0. The van der Waals surface area contributed by atoms with Gasteiger partial charge in [-0.3, -0.25) is 14.4 Å². The van der Waals surface area contributed by atoms with Gasteiger partial charge in [-0.2, -0.15) is 0 Å². The normalized spacial score (nSPS) is 32.4. The van der Waals surface area contributed by atoms with Gasteiger partial charge in [-0.25, -0.2) is 0 Å². The first-order valence-electron chi connectivity index (χ1n) is 13.4. The molecule has 2 fully saturated rings. The summed E-state index contributed by atoms with van der Waals surface area (Å²) < 4.78 is 6.91. The average molecular weight is 516 g/mol. The van der Waals surface area contributed by atoms with Crippen molar-refractivity contribution in [2.75, 3.05) is 38.2 Å². The summed E-state index contributed by atoms with van der Waals surface area (Å²) in [7, 11) is 1.74. The number of benzene rings is 2. The largest absolute Gasteiger partial charge is 0.396 e. The second-order valence-corrected chi connectivity index (χ2v) is 10.7. The van der Waals surface area contributed by atoms with Gasteiger partial charge in [-0.15, -0.1) is 0 Å². The molecule has 6 rings (SSSR count). The van der Waals surface area contributed by atoms with Crippen LogP contribution in [0.3, 0.4) is 0 Å². The number of likely N-dealkylation sites (N-methyl/N-ethyl adjacent to an activating group) is 1. The molecule has 0 aliphatic carbocycles. The Morgan fingerprint density at radius 1 is 0.947 bits per heavy atom. The van der Waals surface area contributed by atoms with Crippen LogP contribution in [-0.4, -0.2) is 83.2 Å². The van der Waals surface area contributed by atoms with Crippen molar-refractivity contribution in [1.82, 2.24) is 9.80 Å². The maximum absolute atomic E-state index is 14.5. The molecule has 198 valence electrons. The van der Waals surface area contributed by atoms with E-state index in [-0.39, 0.29) is 30.9 Å². The van der Waals surface area contributed by atoms with E-state index in [9.17, 15) is 19.5 Å².